The normalized spacial score (nSPS) is 17.0. The fraction of sp³-hybridized carbons (Fsp3) is 0.316. The molecule has 1 aliphatic carbocycles. The lowest BCUT2D eigenvalue weighted by atomic mass is 10.1. The number of ether oxygens (including phenoxy) is 2. The van der Waals surface area contributed by atoms with Crippen molar-refractivity contribution in [2.75, 3.05) is 18.5 Å². The Morgan fingerprint density at radius 2 is 1.79 bits per heavy atom. The Bertz CT molecular complexity index is 729. The fourth-order valence-corrected chi connectivity index (χ4v) is 2.80. The molecule has 1 amide bonds. The van der Waals surface area contributed by atoms with Crippen molar-refractivity contribution in [1.82, 2.24) is 5.32 Å². The number of rotatable bonds is 5. The standard InChI is InChI=1S/C19H20N2O3/c22-19(20-14-9-10-14)17(13-5-2-1-3-6-13)21-15-7-4-8-16-18(15)24-12-11-23-16/h1-8,14,17,21H,9-12H2,(H,20,22)/t17-/m0/s1. The van der Waals surface area contributed by atoms with Crippen LogP contribution in [0.3, 0.4) is 0 Å². The van der Waals surface area contributed by atoms with Crippen molar-refractivity contribution in [2.45, 2.75) is 24.9 Å². The van der Waals surface area contributed by atoms with Crippen LogP contribution in [0.2, 0.25) is 0 Å². The molecule has 4 rings (SSSR count). The molecule has 0 radical (unpaired) electrons. The van der Waals surface area contributed by atoms with Crippen molar-refractivity contribution >= 4 is 11.6 Å². The van der Waals surface area contributed by atoms with Gasteiger partial charge < -0.3 is 20.1 Å². The second kappa shape index (κ2) is 6.43. The second-order valence-corrected chi connectivity index (χ2v) is 6.10. The van der Waals surface area contributed by atoms with E-state index in [1.54, 1.807) is 0 Å². The zero-order valence-corrected chi connectivity index (χ0v) is 13.3. The van der Waals surface area contributed by atoms with E-state index in [0.717, 1.165) is 24.1 Å². The minimum Gasteiger partial charge on any atom is -0.486 e. The Morgan fingerprint density at radius 3 is 2.58 bits per heavy atom. The van der Waals surface area contributed by atoms with E-state index < -0.39 is 6.04 Å². The van der Waals surface area contributed by atoms with Crippen LogP contribution in [0.1, 0.15) is 24.4 Å². The smallest absolute Gasteiger partial charge is 0.247 e. The maximum atomic E-state index is 12.7. The van der Waals surface area contributed by atoms with Crippen LogP contribution >= 0.6 is 0 Å². The molecular formula is C19H20N2O3. The van der Waals surface area contributed by atoms with E-state index >= 15 is 0 Å². The van der Waals surface area contributed by atoms with Gasteiger partial charge in [0, 0.05) is 6.04 Å². The lowest BCUT2D eigenvalue weighted by Gasteiger charge is -2.25. The highest BCUT2D eigenvalue weighted by atomic mass is 16.6. The Balaban J connectivity index is 1.63. The number of hydrogen-bond donors (Lipinski definition) is 2. The number of carbonyl (C=O) groups is 1. The maximum absolute atomic E-state index is 12.7. The van der Waals surface area contributed by atoms with Gasteiger partial charge in [0.05, 0.1) is 5.69 Å². The van der Waals surface area contributed by atoms with Crippen LogP contribution in [0.15, 0.2) is 48.5 Å². The van der Waals surface area contributed by atoms with Crippen LogP contribution in [-0.4, -0.2) is 25.2 Å². The van der Waals surface area contributed by atoms with Gasteiger partial charge in [-0.15, -0.1) is 0 Å². The van der Waals surface area contributed by atoms with Gasteiger partial charge in [0.1, 0.15) is 19.3 Å². The number of carbonyl (C=O) groups excluding carboxylic acids is 1. The van der Waals surface area contributed by atoms with E-state index in [1.165, 1.54) is 0 Å². The first-order valence-corrected chi connectivity index (χ1v) is 8.32. The molecule has 5 heteroatoms. The van der Waals surface area contributed by atoms with E-state index in [0.29, 0.717) is 30.8 Å². The summed E-state index contributed by atoms with van der Waals surface area (Å²) >= 11 is 0. The third-order valence-electron chi connectivity index (χ3n) is 4.18. The molecule has 1 heterocycles. The first-order valence-electron chi connectivity index (χ1n) is 8.32. The van der Waals surface area contributed by atoms with Gasteiger partial charge in [-0.3, -0.25) is 4.79 Å². The van der Waals surface area contributed by atoms with Gasteiger partial charge in [-0.2, -0.15) is 0 Å². The number of benzene rings is 2. The molecule has 5 nitrogen and oxygen atoms in total. The molecule has 1 saturated carbocycles. The Kier molecular flexibility index (Phi) is 3.99. The third-order valence-corrected chi connectivity index (χ3v) is 4.18. The molecule has 1 aliphatic heterocycles. The molecule has 2 aromatic rings. The van der Waals surface area contributed by atoms with Gasteiger partial charge in [0.15, 0.2) is 11.5 Å². The zero-order valence-electron chi connectivity index (χ0n) is 13.3. The van der Waals surface area contributed by atoms with Crippen LogP contribution in [0, 0.1) is 0 Å². The molecule has 124 valence electrons. The Labute approximate surface area is 141 Å². The van der Waals surface area contributed by atoms with Crippen LogP contribution in [0.25, 0.3) is 0 Å². The summed E-state index contributed by atoms with van der Waals surface area (Å²) in [6.45, 7) is 1.05. The molecule has 0 aromatic heterocycles. The fourth-order valence-electron chi connectivity index (χ4n) is 2.80. The lowest BCUT2D eigenvalue weighted by molar-refractivity contribution is -0.122. The number of fused-ring (bicyclic) bond motifs is 1. The molecule has 24 heavy (non-hydrogen) atoms. The van der Waals surface area contributed by atoms with Gasteiger partial charge in [-0.1, -0.05) is 36.4 Å². The molecule has 1 fully saturated rings. The summed E-state index contributed by atoms with van der Waals surface area (Å²) in [7, 11) is 0. The lowest BCUT2D eigenvalue weighted by Crippen LogP contribution is -2.35. The first-order chi connectivity index (χ1) is 11.8. The molecule has 0 bridgehead atoms. The zero-order chi connectivity index (χ0) is 16.4. The maximum Gasteiger partial charge on any atom is 0.247 e. The van der Waals surface area contributed by atoms with Crippen LogP contribution < -0.4 is 20.1 Å². The summed E-state index contributed by atoms with van der Waals surface area (Å²) in [6, 6.07) is 15.3. The summed E-state index contributed by atoms with van der Waals surface area (Å²) in [6.07, 6.45) is 2.12. The molecule has 0 spiro atoms. The second-order valence-electron chi connectivity index (χ2n) is 6.10. The number of amides is 1. The predicted octanol–water partition coefficient (Wildman–Crippen LogP) is 2.89. The molecule has 2 N–H and O–H groups in total. The van der Waals surface area contributed by atoms with E-state index in [9.17, 15) is 4.79 Å². The molecule has 0 unspecified atom stereocenters. The first kappa shape index (κ1) is 14.9. The van der Waals surface area contributed by atoms with Gasteiger partial charge in [0.2, 0.25) is 5.91 Å². The summed E-state index contributed by atoms with van der Waals surface area (Å²) in [5.74, 6) is 1.36. The van der Waals surface area contributed by atoms with Gasteiger partial charge in [0.25, 0.3) is 0 Å². The molecular weight excluding hydrogens is 304 g/mol. The van der Waals surface area contributed by atoms with Crippen LogP contribution in [0.5, 0.6) is 11.5 Å². The van der Waals surface area contributed by atoms with E-state index in [2.05, 4.69) is 10.6 Å². The third kappa shape index (κ3) is 3.15. The van der Waals surface area contributed by atoms with Gasteiger partial charge in [-0.25, -0.2) is 0 Å². The number of nitrogens with one attached hydrogen (secondary N) is 2. The molecule has 1 atom stereocenters. The van der Waals surface area contributed by atoms with E-state index in [4.69, 9.17) is 9.47 Å². The van der Waals surface area contributed by atoms with Crippen LogP contribution in [0.4, 0.5) is 5.69 Å². The van der Waals surface area contributed by atoms with Crippen molar-refractivity contribution in [2.24, 2.45) is 0 Å². The predicted molar refractivity (Wildman–Crippen MR) is 91.4 cm³/mol. The van der Waals surface area contributed by atoms with Crippen LogP contribution in [-0.2, 0) is 4.79 Å². The summed E-state index contributed by atoms with van der Waals surface area (Å²) in [5.41, 5.74) is 1.69. The van der Waals surface area contributed by atoms with Crippen molar-refractivity contribution in [3.8, 4) is 11.5 Å². The number of anilines is 1. The highest BCUT2D eigenvalue weighted by Crippen LogP contribution is 2.39. The van der Waals surface area contributed by atoms with Crippen molar-refractivity contribution in [1.29, 1.82) is 0 Å². The minimum atomic E-state index is -0.469. The van der Waals surface area contributed by atoms with E-state index in [-0.39, 0.29) is 5.91 Å². The van der Waals surface area contributed by atoms with Gasteiger partial charge >= 0.3 is 0 Å². The highest BCUT2D eigenvalue weighted by Gasteiger charge is 2.29. The monoisotopic (exact) mass is 324 g/mol. The SMILES string of the molecule is O=C(NC1CC1)[C@@H](Nc1cccc2c1OCCO2)c1ccccc1. The van der Waals surface area contributed by atoms with Crippen molar-refractivity contribution < 1.29 is 14.3 Å². The number of para-hydroxylation sites is 1. The summed E-state index contributed by atoms with van der Waals surface area (Å²) in [4.78, 5) is 12.7. The van der Waals surface area contributed by atoms with Crippen molar-refractivity contribution in [3.05, 3.63) is 54.1 Å². The molecule has 2 aromatic carbocycles. The van der Waals surface area contributed by atoms with Gasteiger partial charge in [-0.05, 0) is 30.5 Å². The average molecular weight is 324 g/mol. The average Bonchev–Trinajstić information content (AvgIpc) is 3.44. The number of hydrogen-bond acceptors (Lipinski definition) is 4. The quantitative estimate of drug-likeness (QED) is 0.888. The summed E-state index contributed by atoms with van der Waals surface area (Å²) in [5, 5.41) is 6.42. The summed E-state index contributed by atoms with van der Waals surface area (Å²) < 4.78 is 11.4. The van der Waals surface area contributed by atoms with E-state index in [1.807, 2.05) is 48.5 Å². The molecule has 0 saturated heterocycles. The van der Waals surface area contributed by atoms with Crippen molar-refractivity contribution in [3.63, 3.8) is 0 Å². The largest absolute Gasteiger partial charge is 0.486 e. The highest BCUT2D eigenvalue weighted by molar-refractivity contribution is 5.87. The minimum absolute atomic E-state index is 0.0157. The Hall–Kier alpha value is -2.69. The Morgan fingerprint density at radius 1 is 1.00 bits per heavy atom. The molecule has 2 aliphatic rings. The topological polar surface area (TPSA) is 59.6 Å².